The zero-order valence-electron chi connectivity index (χ0n) is 15.6. The maximum absolute atomic E-state index is 13.0. The van der Waals surface area contributed by atoms with Crippen LogP contribution in [0.1, 0.15) is 27.8 Å². The van der Waals surface area contributed by atoms with Gasteiger partial charge < -0.3 is 11.2 Å². The van der Waals surface area contributed by atoms with Gasteiger partial charge in [0.2, 0.25) is 11.1 Å². The molecule has 0 aliphatic heterocycles. The first-order chi connectivity index (χ1) is 13.6. The Morgan fingerprint density at radius 3 is 2.28 bits per heavy atom. The van der Waals surface area contributed by atoms with Crippen LogP contribution < -0.4 is 11.2 Å². The third-order valence-electron chi connectivity index (χ3n) is 3.97. The number of halogens is 3. The van der Waals surface area contributed by atoms with Gasteiger partial charge in [-0.15, -0.1) is 10.2 Å². The number of anilines is 1. The average molecular weight is 421 g/mol. The third kappa shape index (κ3) is 4.89. The molecule has 2 aromatic carbocycles. The fourth-order valence-corrected chi connectivity index (χ4v) is 3.77. The fourth-order valence-electron chi connectivity index (χ4n) is 2.81. The van der Waals surface area contributed by atoms with E-state index in [2.05, 4.69) is 15.5 Å². The smallest absolute Gasteiger partial charge is 0.335 e. The number of amides is 1. The van der Waals surface area contributed by atoms with Crippen molar-refractivity contribution in [3.05, 3.63) is 71.0 Å². The maximum Gasteiger partial charge on any atom is 0.453 e. The van der Waals surface area contributed by atoms with E-state index in [1.54, 1.807) is 30.3 Å². The Bertz CT molecular complexity index is 1000. The highest BCUT2D eigenvalue weighted by atomic mass is 32.2. The van der Waals surface area contributed by atoms with Crippen LogP contribution in [0.5, 0.6) is 0 Å². The largest absolute Gasteiger partial charge is 0.453 e. The van der Waals surface area contributed by atoms with Crippen LogP contribution in [0.15, 0.2) is 53.7 Å². The van der Waals surface area contributed by atoms with Crippen molar-refractivity contribution in [1.82, 2.24) is 14.9 Å². The lowest BCUT2D eigenvalue weighted by atomic mass is 10.1. The number of rotatable bonds is 5. The zero-order chi connectivity index (χ0) is 21.2. The number of carbonyl (C=O) groups is 1. The molecular formula is C19H18F3N5OS. The normalized spacial score (nSPS) is 12.6. The Kier molecular flexibility index (Phi) is 5.83. The van der Waals surface area contributed by atoms with E-state index >= 15 is 0 Å². The summed E-state index contributed by atoms with van der Waals surface area (Å²) in [5, 5.41) is 8.34. The Labute approximate surface area is 169 Å². The summed E-state index contributed by atoms with van der Waals surface area (Å²) in [6.45, 7) is 3.81. The second-order valence-corrected chi connectivity index (χ2v) is 7.52. The topological polar surface area (TPSA) is 85.8 Å². The molecule has 152 valence electrons. The molecule has 0 spiro atoms. The molecule has 3 N–H and O–H groups in total. The number of alkyl halides is 3. The summed E-state index contributed by atoms with van der Waals surface area (Å²) in [4.78, 5) is 13.0. The van der Waals surface area contributed by atoms with Crippen molar-refractivity contribution in [3.63, 3.8) is 0 Å². The molecule has 1 atom stereocenters. The summed E-state index contributed by atoms with van der Waals surface area (Å²) < 4.78 is 39.2. The predicted molar refractivity (Wildman–Crippen MR) is 105 cm³/mol. The van der Waals surface area contributed by atoms with Gasteiger partial charge in [-0.2, -0.15) is 13.2 Å². The summed E-state index contributed by atoms with van der Waals surface area (Å²) in [6.07, 6.45) is -4.75. The molecule has 0 aliphatic carbocycles. The van der Waals surface area contributed by atoms with Crippen LogP contribution in [0.4, 0.5) is 18.9 Å². The molecule has 0 saturated carbocycles. The first kappa shape index (κ1) is 20.7. The van der Waals surface area contributed by atoms with E-state index in [1.165, 1.54) is 0 Å². The number of nitrogens with one attached hydrogen (secondary N) is 1. The van der Waals surface area contributed by atoms with Crippen molar-refractivity contribution >= 4 is 23.4 Å². The van der Waals surface area contributed by atoms with Gasteiger partial charge in [0.05, 0.1) is 0 Å². The van der Waals surface area contributed by atoms with Crippen molar-refractivity contribution in [2.75, 3.05) is 11.2 Å². The van der Waals surface area contributed by atoms with E-state index in [4.69, 9.17) is 5.84 Å². The van der Waals surface area contributed by atoms with E-state index in [-0.39, 0.29) is 5.16 Å². The number of nitrogens with zero attached hydrogens (tertiary/aromatic N) is 3. The van der Waals surface area contributed by atoms with Crippen molar-refractivity contribution in [1.29, 1.82) is 0 Å². The maximum atomic E-state index is 13.0. The SMILES string of the molecule is Cc1cc(C)cc(NC(=O)C(Sc2nnc(C(F)(F)F)n2N)c2ccccc2)c1. The molecule has 0 aliphatic rings. The van der Waals surface area contributed by atoms with Crippen molar-refractivity contribution < 1.29 is 18.0 Å². The van der Waals surface area contributed by atoms with Crippen molar-refractivity contribution in [2.45, 2.75) is 30.4 Å². The van der Waals surface area contributed by atoms with Gasteiger partial charge in [-0.1, -0.05) is 48.2 Å². The zero-order valence-corrected chi connectivity index (χ0v) is 16.4. The van der Waals surface area contributed by atoms with Gasteiger partial charge >= 0.3 is 6.18 Å². The minimum atomic E-state index is -4.75. The minimum absolute atomic E-state index is 0.221. The Morgan fingerprint density at radius 2 is 1.72 bits per heavy atom. The van der Waals surface area contributed by atoms with Crippen LogP contribution in [0.25, 0.3) is 0 Å². The van der Waals surface area contributed by atoms with Gasteiger partial charge in [0.1, 0.15) is 5.25 Å². The predicted octanol–water partition coefficient (Wildman–Crippen LogP) is 4.10. The summed E-state index contributed by atoms with van der Waals surface area (Å²) in [6, 6.07) is 14.3. The molecule has 0 radical (unpaired) electrons. The van der Waals surface area contributed by atoms with Gasteiger partial charge in [0.25, 0.3) is 5.82 Å². The quantitative estimate of drug-likeness (QED) is 0.479. The third-order valence-corrected chi connectivity index (χ3v) is 5.18. The van der Waals surface area contributed by atoms with E-state index < -0.39 is 23.2 Å². The molecule has 3 rings (SSSR count). The molecule has 29 heavy (non-hydrogen) atoms. The van der Waals surface area contributed by atoms with Crippen LogP contribution in [0.3, 0.4) is 0 Å². The Hall–Kier alpha value is -3.01. The minimum Gasteiger partial charge on any atom is -0.335 e. The van der Waals surface area contributed by atoms with Gasteiger partial charge in [-0.3, -0.25) is 4.79 Å². The lowest BCUT2D eigenvalue weighted by molar-refractivity contribution is -0.146. The van der Waals surface area contributed by atoms with Crippen LogP contribution in [0, 0.1) is 13.8 Å². The highest BCUT2D eigenvalue weighted by Crippen LogP contribution is 2.37. The molecule has 0 fully saturated rings. The average Bonchev–Trinajstić information content (AvgIpc) is 3.00. The Balaban J connectivity index is 1.92. The van der Waals surface area contributed by atoms with Gasteiger partial charge in [-0.05, 0) is 42.7 Å². The number of carbonyl (C=O) groups excluding carboxylic acids is 1. The highest BCUT2D eigenvalue weighted by molar-refractivity contribution is 8.00. The summed E-state index contributed by atoms with van der Waals surface area (Å²) in [7, 11) is 0. The van der Waals surface area contributed by atoms with Crippen LogP contribution in [0.2, 0.25) is 0 Å². The van der Waals surface area contributed by atoms with E-state index in [1.807, 2.05) is 32.0 Å². The lowest BCUT2D eigenvalue weighted by Gasteiger charge is -2.17. The summed E-state index contributed by atoms with van der Waals surface area (Å²) >= 11 is 0.793. The van der Waals surface area contributed by atoms with Crippen LogP contribution in [-0.4, -0.2) is 20.8 Å². The molecular weight excluding hydrogens is 403 g/mol. The molecule has 1 heterocycles. The molecule has 0 bridgehead atoms. The molecule has 1 aromatic heterocycles. The molecule has 1 amide bonds. The first-order valence-corrected chi connectivity index (χ1v) is 9.41. The fraction of sp³-hybridized carbons (Fsp3) is 0.211. The number of hydrogen-bond acceptors (Lipinski definition) is 5. The van der Waals surface area contributed by atoms with Gasteiger partial charge in [-0.25, -0.2) is 4.68 Å². The second-order valence-electron chi connectivity index (χ2n) is 6.45. The molecule has 10 heteroatoms. The number of thioether (sulfide) groups is 1. The molecule has 3 aromatic rings. The molecule has 1 unspecified atom stereocenters. The van der Waals surface area contributed by atoms with Gasteiger partial charge in [0.15, 0.2) is 0 Å². The van der Waals surface area contributed by atoms with Crippen molar-refractivity contribution in [2.24, 2.45) is 0 Å². The number of nitrogen functional groups attached to an aromatic ring is 1. The van der Waals surface area contributed by atoms with Crippen molar-refractivity contribution in [3.8, 4) is 0 Å². The number of aromatic nitrogens is 3. The first-order valence-electron chi connectivity index (χ1n) is 8.53. The summed E-state index contributed by atoms with van der Waals surface area (Å²) in [5.41, 5.74) is 3.14. The number of benzene rings is 2. The van der Waals surface area contributed by atoms with Crippen LogP contribution >= 0.6 is 11.8 Å². The number of hydrogen-bond donors (Lipinski definition) is 2. The Morgan fingerprint density at radius 1 is 1.10 bits per heavy atom. The standard InChI is InChI=1S/C19H18F3N5OS/c1-11-8-12(2)10-14(9-11)24-16(28)15(13-6-4-3-5-7-13)29-18-26-25-17(27(18)23)19(20,21)22/h3-10,15H,23H2,1-2H3,(H,24,28). The second kappa shape index (κ2) is 8.16. The molecule has 0 saturated heterocycles. The van der Waals surface area contributed by atoms with E-state index in [0.29, 0.717) is 15.9 Å². The number of nitrogens with two attached hydrogens (primary N) is 1. The van der Waals surface area contributed by atoms with E-state index in [0.717, 1.165) is 22.9 Å². The lowest BCUT2D eigenvalue weighted by Crippen LogP contribution is -2.23. The number of aryl methyl sites for hydroxylation is 2. The van der Waals surface area contributed by atoms with Crippen LogP contribution in [-0.2, 0) is 11.0 Å². The summed E-state index contributed by atoms with van der Waals surface area (Å²) in [5.74, 6) is 3.78. The highest BCUT2D eigenvalue weighted by Gasteiger charge is 2.39. The van der Waals surface area contributed by atoms with E-state index in [9.17, 15) is 18.0 Å². The molecule has 6 nitrogen and oxygen atoms in total. The van der Waals surface area contributed by atoms with Gasteiger partial charge in [0, 0.05) is 5.69 Å². The monoisotopic (exact) mass is 421 g/mol.